The number of hydrogen-bond donors (Lipinski definition) is 0. The summed E-state index contributed by atoms with van der Waals surface area (Å²) < 4.78 is 28.0. The monoisotopic (exact) mass is 226 g/mol. The van der Waals surface area contributed by atoms with Gasteiger partial charge in [0.25, 0.3) is 10.1 Å². The molecule has 0 aromatic heterocycles. The van der Waals surface area contributed by atoms with E-state index in [1.165, 1.54) is 12.1 Å². The molecule has 0 N–H and O–H groups in total. The van der Waals surface area contributed by atoms with E-state index in [0.717, 1.165) is 5.56 Å². The summed E-state index contributed by atoms with van der Waals surface area (Å²) in [6, 6.07) is 6.53. The normalized spacial score (nSPS) is 11.3. The second-order valence-electron chi connectivity index (χ2n) is 3.49. The highest BCUT2D eigenvalue weighted by Gasteiger charge is 2.14. The van der Waals surface area contributed by atoms with Crippen molar-refractivity contribution in [3.05, 3.63) is 42.0 Å². The van der Waals surface area contributed by atoms with E-state index in [0.29, 0.717) is 5.57 Å². The second kappa shape index (κ2) is 4.59. The van der Waals surface area contributed by atoms with Crippen molar-refractivity contribution in [2.75, 3.05) is 6.61 Å². The molecule has 0 saturated carbocycles. The largest absolute Gasteiger partial charge is 0.297 e. The van der Waals surface area contributed by atoms with Crippen LogP contribution in [0.25, 0.3) is 0 Å². The highest BCUT2D eigenvalue weighted by atomic mass is 32.2. The molecule has 0 saturated heterocycles. The van der Waals surface area contributed by atoms with E-state index in [4.69, 9.17) is 4.18 Å². The molecular weight excluding hydrogens is 212 g/mol. The zero-order valence-electron chi connectivity index (χ0n) is 8.86. The van der Waals surface area contributed by atoms with Gasteiger partial charge in [0.1, 0.15) is 0 Å². The van der Waals surface area contributed by atoms with E-state index >= 15 is 0 Å². The lowest BCUT2D eigenvalue weighted by Crippen LogP contribution is -2.07. The van der Waals surface area contributed by atoms with Gasteiger partial charge < -0.3 is 0 Å². The Balaban J connectivity index is 2.87. The number of benzene rings is 1. The van der Waals surface area contributed by atoms with E-state index < -0.39 is 10.1 Å². The van der Waals surface area contributed by atoms with Crippen LogP contribution >= 0.6 is 0 Å². The first-order valence-corrected chi connectivity index (χ1v) is 5.93. The summed E-state index contributed by atoms with van der Waals surface area (Å²) in [5.74, 6) is 0. The Morgan fingerprint density at radius 1 is 1.33 bits per heavy atom. The van der Waals surface area contributed by atoms with Crippen molar-refractivity contribution >= 4 is 10.1 Å². The zero-order valence-corrected chi connectivity index (χ0v) is 9.67. The van der Waals surface area contributed by atoms with Crippen molar-refractivity contribution in [3.63, 3.8) is 0 Å². The molecule has 1 rings (SSSR count). The maximum absolute atomic E-state index is 11.6. The first kappa shape index (κ1) is 11.9. The molecule has 0 spiro atoms. The van der Waals surface area contributed by atoms with Crippen LogP contribution in [0.15, 0.2) is 41.3 Å². The van der Waals surface area contributed by atoms with Crippen LogP contribution in [0.1, 0.15) is 12.5 Å². The fourth-order valence-electron chi connectivity index (χ4n) is 0.951. The van der Waals surface area contributed by atoms with Gasteiger partial charge in [0, 0.05) is 0 Å². The lowest BCUT2D eigenvalue weighted by molar-refractivity contribution is 0.348. The molecular formula is C11H14O3S. The fraction of sp³-hybridized carbons (Fsp3) is 0.273. The van der Waals surface area contributed by atoms with Crippen LogP contribution in [-0.2, 0) is 14.3 Å². The predicted octanol–water partition coefficient (Wildman–Crippen LogP) is 2.28. The summed E-state index contributed by atoms with van der Waals surface area (Å²) in [5.41, 5.74) is 1.68. The van der Waals surface area contributed by atoms with Crippen molar-refractivity contribution in [3.8, 4) is 0 Å². The van der Waals surface area contributed by atoms with Gasteiger partial charge in [-0.15, -0.1) is 0 Å². The zero-order chi connectivity index (χ0) is 11.5. The van der Waals surface area contributed by atoms with Gasteiger partial charge in [-0.25, -0.2) is 0 Å². The first-order valence-electron chi connectivity index (χ1n) is 4.52. The minimum absolute atomic E-state index is 0.0240. The van der Waals surface area contributed by atoms with Gasteiger partial charge in [0.2, 0.25) is 0 Å². The Kier molecular flexibility index (Phi) is 3.66. The van der Waals surface area contributed by atoms with Crippen molar-refractivity contribution in [1.82, 2.24) is 0 Å². The molecule has 3 nitrogen and oxygen atoms in total. The molecule has 0 fully saturated rings. The van der Waals surface area contributed by atoms with Gasteiger partial charge in [-0.05, 0) is 26.0 Å². The van der Waals surface area contributed by atoms with Crippen molar-refractivity contribution < 1.29 is 12.6 Å². The Morgan fingerprint density at radius 2 is 1.87 bits per heavy atom. The minimum Gasteiger partial charge on any atom is -0.262 e. The third kappa shape index (κ3) is 3.49. The number of rotatable bonds is 4. The van der Waals surface area contributed by atoms with E-state index in [2.05, 4.69) is 6.58 Å². The second-order valence-corrected chi connectivity index (χ2v) is 5.10. The predicted molar refractivity (Wildman–Crippen MR) is 59.1 cm³/mol. The van der Waals surface area contributed by atoms with Crippen LogP contribution in [-0.4, -0.2) is 15.0 Å². The maximum atomic E-state index is 11.6. The molecule has 0 unspecified atom stereocenters. The third-order valence-corrected chi connectivity index (χ3v) is 3.05. The minimum atomic E-state index is -3.63. The first-order chi connectivity index (χ1) is 6.92. The SMILES string of the molecule is C=C(C)COS(=O)(=O)c1ccc(C)cc1. The Labute approximate surface area is 90.5 Å². The Bertz CT molecular complexity index is 443. The number of aryl methyl sites for hydroxylation is 1. The molecule has 0 aliphatic carbocycles. The summed E-state index contributed by atoms with van der Waals surface area (Å²) in [6.07, 6.45) is 0. The van der Waals surface area contributed by atoms with Gasteiger partial charge in [0.15, 0.2) is 0 Å². The van der Waals surface area contributed by atoms with Crippen molar-refractivity contribution in [2.24, 2.45) is 0 Å². The van der Waals surface area contributed by atoms with E-state index in [1.54, 1.807) is 19.1 Å². The maximum Gasteiger partial charge on any atom is 0.297 e. The molecule has 82 valence electrons. The molecule has 1 aromatic rings. The van der Waals surface area contributed by atoms with Crippen LogP contribution in [0.3, 0.4) is 0 Å². The Morgan fingerprint density at radius 3 is 2.33 bits per heavy atom. The standard InChI is InChI=1S/C11H14O3S/c1-9(2)8-14-15(12,13)11-6-4-10(3)5-7-11/h4-7H,1,8H2,2-3H3. The molecule has 0 atom stereocenters. The van der Waals surface area contributed by atoms with Gasteiger partial charge >= 0.3 is 0 Å². The molecule has 4 heteroatoms. The average molecular weight is 226 g/mol. The lowest BCUT2D eigenvalue weighted by atomic mass is 10.2. The van der Waals surface area contributed by atoms with E-state index in [9.17, 15) is 8.42 Å². The van der Waals surface area contributed by atoms with Crippen LogP contribution in [0.5, 0.6) is 0 Å². The molecule has 0 aliphatic heterocycles. The van der Waals surface area contributed by atoms with Crippen LogP contribution in [0.4, 0.5) is 0 Å². The molecule has 15 heavy (non-hydrogen) atoms. The molecule has 0 aliphatic rings. The Hall–Kier alpha value is -1.13. The number of hydrogen-bond acceptors (Lipinski definition) is 3. The van der Waals surface area contributed by atoms with Gasteiger partial charge in [0.05, 0.1) is 11.5 Å². The fourth-order valence-corrected chi connectivity index (χ4v) is 1.91. The van der Waals surface area contributed by atoms with Gasteiger partial charge in [-0.3, -0.25) is 4.18 Å². The summed E-state index contributed by atoms with van der Waals surface area (Å²) in [6.45, 7) is 7.21. The summed E-state index contributed by atoms with van der Waals surface area (Å²) in [4.78, 5) is 0.175. The van der Waals surface area contributed by atoms with Crippen molar-refractivity contribution in [1.29, 1.82) is 0 Å². The van der Waals surface area contributed by atoms with Crippen LogP contribution in [0.2, 0.25) is 0 Å². The quantitative estimate of drug-likeness (QED) is 0.584. The van der Waals surface area contributed by atoms with Gasteiger partial charge in [-0.2, -0.15) is 8.42 Å². The highest BCUT2D eigenvalue weighted by molar-refractivity contribution is 7.86. The van der Waals surface area contributed by atoms with Crippen LogP contribution in [0, 0.1) is 6.92 Å². The van der Waals surface area contributed by atoms with Gasteiger partial charge in [-0.1, -0.05) is 29.8 Å². The molecule has 1 aromatic carbocycles. The molecule has 0 bridgehead atoms. The summed E-state index contributed by atoms with van der Waals surface area (Å²) in [5, 5.41) is 0. The third-order valence-electron chi connectivity index (χ3n) is 1.77. The van der Waals surface area contributed by atoms with Crippen molar-refractivity contribution in [2.45, 2.75) is 18.7 Å². The molecule has 0 radical (unpaired) electrons. The van der Waals surface area contributed by atoms with E-state index in [-0.39, 0.29) is 11.5 Å². The van der Waals surface area contributed by atoms with Crippen LogP contribution < -0.4 is 0 Å². The van der Waals surface area contributed by atoms with E-state index in [1.807, 2.05) is 6.92 Å². The lowest BCUT2D eigenvalue weighted by Gasteiger charge is -2.05. The highest BCUT2D eigenvalue weighted by Crippen LogP contribution is 2.13. The molecule has 0 heterocycles. The summed E-state index contributed by atoms with van der Waals surface area (Å²) >= 11 is 0. The molecule has 0 amide bonds. The average Bonchev–Trinajstić information content (AvgIpc) is 2.16. The topological polar surface area (TPSA) is 43.4 Å². The smallest absolute Gasteiger partial charge is 0.262 e. The summed E-state index contributed by atoms with van der Waals surface area (Å²) in [7, 11) is -3.63.